The van der Waals surface area contributed by atoms with Gasteiger partial charge in [-0.15, -0.1) is 0 Å². The molecule has 2 aromatic carbocycles. The van der Waals surface area contributed by atoms with Gasteiger partial charge in [-0.1, -0.05) is 38.0 Å². The van der Waals surface area contributed by atoms with Crippen LogP contribution in [-0.2, 0) is 26.2 Å². The van der Waals surface area contributed by atoms with Gasteiger partial charge in [-0.05, 0) is 43.0 Å². The molecule has 0 saturated heterocycles. The highest BCUT2D eigenvalue weighted by atomic mass is 32.2. The Balaban J connectivity index is 1.96. The standard InChI is InChI=1S/C26H34N4O7S/c1-4-24(26(32)27-20-10-5-6-11-20)28(17-19-9-7-14-23(15-19)37-2)25(31)18-29(38(3,35)36)21-12-8-13-22(16-21)30(33)34/h7-9,12-16,20,24H,4-6,10-11,17-18H2,1-3H3,(H,27,32)/t24-/m0/s1. The lowest BCUT2D eigenvalue weighted by atomic mass is 10.1. The zero-order chi connectivity index (χ0) is 27.9. The number of nitro groups is 1. The minimum absolute atomic E-state index is 0.0140. The molecule has 1 saturated carbocycles. The van der Waals surface area contributed by atoms with E-state index in [4.69, 9.17) is 4.74 Å². The first-order valence-corrected chi connectivity index (χ1v) is 14.3. The van der Waals surface area contributed by atoms with Crippen LogP contribution in [0.3, 0.4) is 0 Å². The number of sulfonamides is 1. The maximum Gasteiger partial charge on any atom is 0.271 e. The van der Waals surface area contributed by atoms with Gasteiger partial charge in [0.2, 0.25) is 21.8 Å². The fourth-order valence-corrected chi connectivity index (χ4v) is 5.47. The number of benzene rings is 2. The van der Waals surface area contributed by atoms with Gasteiger partial charge >= 0.3 is 0 Å². The Kier molecular flexibility index (Phi) is 9.67. The molecule has 0 aromatic heterocycles. The zero-order valence-corrected chi connectivity index (χ0v) is 22.6. The van der Waals surface area contributed by atoms with Crippen molar-refractivity contribution in [3.8, 4) is 5.75 Å². The van der Waals surface area contributed by atoms with Crippen LogP contribution in [0.1, 0.15) is 44.6 Å². The first kappa shape index (κ1) is 28.9. The van der Waals surface area contributed by atoms with Crippen molar-refractivity contribution in [2.45, 2.75) is 57.7 Å². The summed E-state index contributed by atoms with van der Waals surface area (Å²) in [5, 5.41) is 14.3. The Labute approximate surface area is 223 Å². The molecule has 206 valence electrons. The second kappa shape index (κ2) is 12.7. The Hall–Kier alpha value is -3.67. The van der Waals surface area contributed by atoms with Crippen LogP contribution >= 0.6 is 0 Å². The molecule has 0 spiro atoms. The van der Waals surface area contributed by atoms with Crippen LogP contribution in [0.5, 0.6) is 5.75 Å². The molecule has 1 aliphatic carbocycles. The van der Waals surface area contributed by atoms with E-state index in [1.54, 1.807) is 31.2 Å². The second-order valence-corrected chi connectivity index (χ2v) is 11.2. The molecule has 38 heavy (non-hydrogen) atoms. The fraction of sp³-hybridized carbons (Fsp3) is 0.462. The summed E-state index contributed by atoms with van der Waals surface area (Å²) in [6, 6.07) is 11.3. The highest BCUT2D eigenvalue weighted by Gasteiger charge is 2.33. The van der Waals surface area contributed by atoms with E-state index < -0.39 is 33.4 Å². The number of ether oxygens (including phenoxy) is 1. The van der Waals surface area contributed by atoms with Gasteiger partial charge in [0.15, 0.2) is 0 Å². The van der Waals surface area contributed by atoms with Crippen molar-refractivity contribution in [2.24, 2.45) is 0 Å². The fourth-order valence-electron chi connectivity index (χ4n) is 4.63. The van der Waals surface area contributed by atoms with Gasteiger partial charge in [-0.25, -0.2) is 8.42 Å². The van der Waals surface area contributed by atoms with Crippen molar-refractivity contribution in [1.29, 1.82) is 0 Å². The average Bonchev–Trinajstić information content (AvgIpc) is 3.39. The number of methoxy groups -OCH3 is 1. The lowest BCUT2D eigenvalue weighted by Crippen LogP contribution is -2.53. The molecule has 1 fully saturated rings. The SMILES string of the molecule is CC[C@@H](C(=O)NC1CCCC1)N(Cc1cccc(OC)c1)C(=O)CN(c1cccc([N+](=O)[O-])c1)S(C)(=O)=O. The number of carbonyl (C=O) groups is 2. The van der Waals surface area contributed by atoms with E-state index in [9.17, 15) is 28.1 Å². The van der Waals surface area contributed by atoms with Gasteiger partial charge < -0.3 is 15.0 Å². The summed E-state index contributed by atoms with van der Waals surface area (Å²) in [5.74, 6) is -0.331. The van der Waals surface area contributed by atoms with E-state index in [-0.39, 0.29) is 29.9 Å². The highest BCUT2D eigenvalue weighted by molar-refractivity contribution is 7.92. The number of nitrogens with zero attached hydrogens (tertiary/aromatic N) is 3. The van der Waals surface area contributed by atoms with Crippen molar-refractivity contribution in [3.05, 3.63) is 64.2 Å². The number of carbonyl (C=O) groups excluding carboxylic acids is 2. The number of amides is 2. The molecular weight excluding hydrogens is 512 g/mol. The minimum atomic E-state index is -4.00. The molecular formula is C26H34N4O7S. The number of anilines is 1. The molecule has 1 aliphatic rings. The van der Waals surface area contributed by atoms with Gasteiger partial charge in [0, 0.05) is 24.7 Å². The van der Waals surface area contributed by atoms with E-state index >= 15 is 0 Å². The lowest BCUT2D eigenvalue weighted by Gasteiger charge is -2.33. The molecule has 3 rings (SSSR count). The lowest BCUT2D eigenvalue weighted by molar-refractivity contribution is -0.384. The van der Waals surface area contributed by atoms with E-state index in [0.717, 1.165) is 42.3 Å². The normalized spacial score (nSPS) is 14.5. The van der Waals surface area contributed by atoms with Gasteiger partial charge in [0.1, 0.15) is 18.3 Å². The van der Waals surface area contributed by atoms with Crippen molar-refractivity contribution >= 4 is 33.2 Å². The molecule has 0 radical (unpaired) electrons. The zero-order valence-electron chi connectivity index (χ0n) is 21.8. The first-order chi connectivity index (χ1) is 18.0. The van der Waals surface area contributed by atoms with Crippen LogP contribution in [0, 0.1) is 10.1 Å². The van der Waals surface area contributed by atoms with E-state index in [1.165, 1.54) is 30.2 Å². The molecule has 1 atom stereocenters. The Morgan fingerprint density at radius 3 is 2.45 bits per heavy atom. The quantitative estimate of drug-likeness (QED) is 0.318. The first-order valence-electron chi connectivity index (χ1n) is 12.5. The number of hydrogen-bond acceptors (Lipinski definition) is 7. The molecule has 11 nitrogen and oxygen atoms in total. The number of nitro benzene ring substituents is 1. The van der Waals surface area contributed by atoms with Gasteiger partial charge in [0.05, 0.1) is 24.0 Å². The molecule has 1 N–H and O–H groups in total. The topological polar surface area (TPSA) is 139 Å². The third kappa shape index (κ3) is 7.44. The van der Waals surface area contributed by atoms with Crippen LogP contribution < -0.4 is 14.4 Å². The second-order valence-electron chi connectivity index (χ2n) is 9.33. The van der Waals surface area contributed by atoms with Gasteiger partial charge in [-0.3, -0.25) is 24.0 Å². The van der Waals surface area contributed by atoms with Crippen molar-refractivity contribution in [1.82, 2.24) is 10.2 Å². The van der Waals surface area contributed by atoms with Crippen LogP contribution in [-0.4, -0.2) is 62.0 Å². The smallest absolute Gasteiger partial charge is 0.271 e. The summed E-state index contributed by atoms with van der Waals surface area (Å²) in [6.45, 7) is 1.20. The van der Waals surface area contributed by atoms with Crippen LogP contribution in [0.15, 0.2) is 48.5 Å². The van der Waals surface area contributed by atoms with Crippen molar-refractivity contribution in [3.63, 3.8) is 0 Å². The monoisotopic (exact) mass is 546 g/mol. The molecule has 0 unspecified atom stereocenters. The van der Waals surface area contributed by atoms with Crippen LogP contribution in [0.4, 0.5) is 11.4 Å². The maximum absolute atomic E-state index is 13.8. The number of hydrogen-bond donors (Lipinski definition) is 1. The predicted octanol–water partition coefficient (Wildman–Crippen LogP) is 3.24. The number of rotatable bonds is 12. The van der Waals surface area contributed by atoms with E-state index in [0.29, 0.717) is 17.7 Å². The minimum Gasteiger partial charge on any atom is -0.497 e. The highest BCUT2D eigenvalue weighted by Crippen LogP contribution is 2.25. The molecule has 0 aliphatic heterocycles. The van der Waals surface area contributed by atoms with E-state index in [1.807, 2.05) is 0 Å². The average molecular weight is 547 g/mol. The van der Waals surface area contributed by atoms with E-state index in [2.05, 4.69) is 5.32 Å². The molecule has 2 amide bonds. The third-order valence-electron chi connectivity index (χ3n) is 6.58. The molecule has 12 heteroatoms. The third-order valence-corrected chi connectivity index (χ3v) is 7.72. The molecule has 2 aromatic rings. The predicted molar refractivity (Wildman–Crippen MR) is 143 cm³/mol. The summed E-state index contributed by atoms with van der Waals surface area (Å²) in [5.41, 5.74) is 0.380. The summed E-state index contributed by atoms with van der Waals surface area (Å²) in [6.07, 6.45) is 5.04. The maximum atomic E-state index is 13.8. The summed E-state index contributed by atoms with van der Waals surface area (Å²) in [7, 11) is -2.48. The van der Waals surface area contributed by atoms with Crippen LogP contribution in [0.25, 0.3) is 0 Å². The number of nitrogens with one attached hydrogen (secondary N) is 1. The summed E-state index contributed by atoms with van der Waals surface area (Å²) >= 11 is 0. The Morgan fingerprint density at radius 2 is 1.84 bits per heavy atom. The van der Waals surface area contributed by atoms with Crippen molar-refractivity contribution < 1.29 is 27.7 Å². The largest absolute Gasteiger partial charge is 0.497 e. The number of non-ortho nitro benzene ring substituents is 1. The van der Waals surface area contributed by atoms with Gasteiger partial charge in [-0.2, -0.15) is 0 Å². The van der Waals surface area contributed by atoms with Crippen LogP contribution in [0.2, 0.25) is 0 Å². The molecule has 0 heterocycles. The Morgan fingerprint density at radius 1 is 1.16 bits per heavy atom. The summed E-state index contributed by atoms with van der Waals surface area (Å²) < 4.78 is 31.5. The Bertz CT molecular complexity index is 1260. The summed E-state index contributed by atoms with van der Waals surface area (Å²) in [4.78, 5) is 39.1. The van der Waals surface area contributed by atoms with Crippen molar-refractivity contribution in [2.75, 3.05) is 24.2 Å². The van der Waals surface area contributed by atoms with Gasteiger partial charge in [0.25, 0.3) is 5.69 Å². The molecule has 0 bridgehead atoms.